The Bertz CT molecular complexity index is 471. The van der Waals surface area contributed by atoms with E-state index in [1.807, 2.05) is 12.1 Å². The van der Waals surface area contributed by atoms with Crippen LogP contribution in [0.5, 0.6) is 0 Å². The number of nitro groups is 1. The van der Waals surface area contributed by atoms with Crippen LogP contribution in [-0.4, -0.2) is 35.6 Å². The van der Waals surface area contributed by atoms with Gasteiger partial charge in [-0.1, -0.05) is 26.0 Å². The third kappa shape index (κ3) is 7.75. The number of nitro benzene ring substituents is 1. The molecule has 0 aliphatic carbocycles. The van der Waals surface area contributed by atoms with Crippen molar-refractivity contribution in [2.45, 2.75) is 53.4 Å². The van der Waals surface area contributed by atoms with Crippen molar-refractivity contribution in [3.8, 4) is 0 Å². The van der Waals surface area contributed by atoms with Gasteiger partial charge >= 0.3 is 0 Å². The summed E-state index contributed by atoms with van der Waals surface area (Å²) >= 11 is 0. The first kappa shape index (κ1) is 23.1. The summed E-state index contributed by atoms with van der Waals surface area (Å²) in [6.07, 6.45) is 4.68. The normalized spacial score (nSPS) is 11.4. The van der Waals surface area contributed by atoms with Crippen LogP contribution in [-0.2, 0) is 6.42 Å². The zero-order chi connectivity index (χ0) is 17.3. The molecule has 1 aromatic carbocycles. The van der Waals surface area contributed by atoms with Gasteiger partial charge in [0.2, 0.25) is 0 Å². The first-order valence-corrected chi connectivity index (χ1v) is 9.01. The van der Waals surface area contributed by atoms with Gasteiger partial charge in [0.15, 0.2) is 0 Å². The van der Waals surface area contributed by atoms with Crippen LogP contribution in [0.2, 0.25) is 0 Å². The van der Waals surface area contributed by atoms with E-state index in [0.29, 0.717) is 0 Å². The molecule has 0 aliphatic rings. The molecule has 0 heterocycles. The van der Waals surface area contributed by atoms with Gasteiger partial charge in [-0.2, -0.15) is 0 Å². The maximum Gasteiger partial charge on any atom is 0.269 e. The fourth-order valence-electron chi connectivity index (χ4n) is 3.06. The fraction of sp³-hybridized carbons (Fsp3) is 0.684. The van der Waals surface area contributed by atoms with Crippen molar-refractivity contribution in [1.29, 1.82) is 0 Å². The Hall–Kier alpha value is -0.940. The lowest BCUT2D eigenvalue weighted by molar-refractivity contribution is -0.925. The van der Waals surface area contributed by atoms with E-state index in [9.17, 15) is 10.1 Å². The number of non-ortho nitro benzene ring substituents is 1. The molecule has 0 fully saturated rings. The smallest absolute Gasteiger partial charge is 0.269 e. The van der Waals surface area contributed by atoms with Crippen molar-refractivity contribution in [2.75, 3.05) is 26.2 Å². The molecule has 0 N–H and O–H groups in total. The molecular weight excluding hydrogens is 368 g/mol. The van der Waals surface area contributed by atoms with Gasteiger partial charge < -0.3 is 21.5 Å². The largest absolute Gasteiger partial charge is 1.00 e. The van der Waals surface area contributed by atoms with Crippen molar-refractivity contribution in [3.63, 3.8) is 0 Å². The molecule has 0 spiro atoms. The average molecular weight is 401 g/mol. The minimum atomic E-state index is -0.340. The highest BCUT2D eigenvalue weighted by molar-refractivity contribution is 5.32. The highest BCUT2D eigenvalue weighted by atomic mass is 79.9. The summed E-state index contributed by atoms with van der Waals surface area (Å²) in [6, 6.07) is 6.99. The number of rotatable bonds is 11. The lowest BCUT2D eigenvalue weighted by Crippen LogP contribution is -3.00. The molecular formula is C19H33BrN2O2. The van der Waals surface area contributed by atoms with Crippen LogP contribution in [0.25, 0.3) is 0 Å². The number of halogens is 1. The molecule has 0 unspecified atom stereocenters. The standard InChI is InChI=1S/C19H33N2O2.BrH/c1-5-21(6-2,16-14-17(3)4)15-8-7-9-18-10-12-19(13-11-18)20(22)23;/h10-13,17H,5-9,14-16H2,1-4H3;1H/q+1;/p-1. The maximum atomic E-state index is 10.7. The summed E-state index contributed by atoms with van der Waals surface area (Å²) in [6.45, 7) is 14.2. The Morgan fingerprint density at radius 1 is 1.04 bits per heavy atom. The highest BCUT2D eigenvalue weighted by Crippen LogP contribution is 2.16. The number of hydrogen-bond acceptors (Lipinski definition) is 2. The van der Waals surface area contributed by atoms with Crippen LogP contribution in [0.4, 0.5) is 5.69 Å². The van der Waals surface area contributed by atoms with Crippen LogP contribution >= 0.6 is 0 Å². The summed E-state index contributed by atoms with van der Waals surface area (Å²) in [5, 5.41) is 10.7. The Kier molecular flexibility index (Phi) is 11.1. The Labute approximate surface area is 157 Å². The van der Waals surface area contributed by atoms with Gasteiger partial charge in [-0.05, 0) is 51.0 Å². The third-order valence-electron chi connectivity index (χ3n) is 5.02. The van der Waals surface area contributed by atoms with Gasteiger partial charge in [-0.15, -0.1) is 0 Å². The van der Waals surface area contributed by atoms with E-state index < -0.39 is 0 Å². The first-order valence-electron chi connectivity index (χ1n) is 9.01. The predicted octanol–water partition coefficient (Wildman–Crippen LogP) is 1.82. The molecule has 1 aromatic rings. The van der Waals surface area contributed by atoms with E-state index in [1.54, 1.807) is 12.1 Å². The van der Waals surface area contributed by atoms with Crippen molar-refractivity contribution in [1.82, 2.24) is 0 Å². The van der Waals surface area contributed by atoms with E-state index in [0.717, 1.165) is 18.8 Å². The monoisotopic (exact) mass is 400 g/mol. The van der Waals surface area contributed by atoms with Gasteiger partial charge in [-0.3, -0.25) is 10.1 Å². The Morgan fingerprint density at radius 3 is 2.08 bits per heavy atom. The number of hydrogen-bond donors (Lipinski definition) is 0. The van der Waals surface area contributed by atoms with E-state index >= 15 is 0 Å². The van der Waals surface area contributed by atoms with Gasteiger partial charge in [-0.25, -0.2) is 0 Å². The number of benzene rings is 1. The second-order valence-corrected chi connectivity index (χ2v) is 6.98. The zero-order valence-corrected chi connectivity index (χ0v) is 17.2. The molecule has 0 saturated heterocycles. The molecule has 24 heavy (non-hydrogen) atoms. The van der Waals surface area contributed by atoms with Crippen LogP contribution < -0.4 is 17.0 Å². The molecule has 0 radical (unpaired) electrons. The molecule has 0 aromatic heterocycles. The molecule has 0 bridgehead atoms. The first-order chi connectivity index (χ1) is 10.9. The van der Waals surface area contributed by atoms with Gasteiger partial charge in [0.25, 0.3) is 5.69 Å². The minimum Gasteiger partial charge on any atom is -1.00 e. The molecule has 4 nitrogen and oxygen atoms in total. The molecule has 138 valence electrons. The summed E-state index contributed by atoms with van der Waals surface area (Å²) in [7, 11) is 0. The summed E-state index contributed by atoms with van der Waals surface area (Å²) in [5.41, 5.74) is 1.37. The number of unbranched alkanes of at least 4 members (excludes halogenated alkanes) is 1. The SMILES string of the molecule is CC[N+](CC)(CCCCc1ccc([N+](=O)[O-])cc1)CCC(C)C.[Br-]. The average Bonchev–Trinajstić information content (AvgIpc) is 2.55. The minimum absolute atomic E-state index is 0. The summed E-state index contributed by atoms with van der Waals surface area (Å²) in [5.74, 6) is 0.769. The van der Waals surface area contributed by atoms with Gasteiger partial charge in [0, 0.05) is 12.1 Å². The zero-order valence-electron chi connectivity index (χ0n) is 15.6. The molecule has 0 saturated carbocycles. The predicted molar refractivity (Wildman–Crippen MR) is 96.6 cm³/mol. The second-order valence-electron chi connectivity index (χ2n) is 6.98. The van der Waals surface area contributed by atoms with Crippen molar-refractivity contribution >= 4 is 5.69 Å². The molecule has 0 amide bonds. The van der Waals surface area contributed by atoms with Crippen molar-refractivity contribution in [2.24, 2.45) is 5.92 Å². The number of quaternary nitrogens is 1. The molecule has 0 aliphatic heterocycles. The fourth-order valence-corrected chi connectivity index (χ4v) is 3.06. The van der Waals surface area contributed by atoms with E-state index in [4.69, 9.17) is 0 Å². The highest BCUT2D eigenvalue weighted by Gasteiger charge is 2.22. The Balaban J connectivity index is 0.00000529. The van der Waals surface area contributed by atoms with Crippen LogP contribution in [0.1, 0.15) is 52.5 Å². The van der Waals surface area contributed by atoms with E-state index in [1.165, 1.54) is 49.1 Å². The maximum absolute atomic E-state index is 10.7. The Morgan fingerprint density at radius 2 is 1.62 bits per heavy atom. The lowest BCUT2D eigenvalue weighted by Gasteiger charge is -2.37. The quantitative estimate of drug-likeness (QED) is 0.246. The summed E-state index contributed by atoms with van der Waals surface area (Å²) in [4.78, 5) is 10.3. The van der Waals surface area contributed by atoms with Crippen molar-refractivity contribution < 1.29 is 26.4 Å². The van der Waals surface area contributed by atoms with Crippen LogP contribution in [0, 0.1) is 16.0 Å². The molecule has 0 atom stereocenters. The topological polar surface area (TPSA) is 43.1 Å². The van der Waals surface area contributed by atoms with Gasteiger partial charge in [0.05, 0.1) is 31.1 Å². The van der Waals surface area contributed by atoms with Crippen molar-refractivity contribution in [3.05, 3.63) is 39.9 Å². The molecule has 1 rings (SSSR count). The summed E-state index contributed by atoms with van der Waals surface area (Å²) < 4.78 is 1.22. The third-order valence-corrected chi connectivity index (χ3v) is 5.02. The number of aryl methyl sites for hydroxylation is 1. The van der Waals surface area contributed by atoms with Crippen LogP contribution in [0.3, 0.4) is 0 Å². The van der Waals surface area contributed by atoms with Gasteiger partial charge in [0.1, 0.15) is 0 Å². The lowest BCUT2D eigenvalue weighted by atomic mass is 10.1. The molecule has 5 heteroatoms. The number of nitrogens with zero attached hydrogens (tertiary/aromatic N) is 2. The van der Waals surface area contributed by atoms with E-state index in [2.05, 4.69) is 27.7 Å². The second kappa shape index (κ2) is 11.6. The van der Waals surface area contributed by atoms with E-state index in [-0.39, 0.29) is 27.6 Å². The van der Waals surface area contributed by atoms with Crippen LogP contribution in [0.15, 0.2) is 24.3 Å².